The van der Waals surface area contributed by atoms with Crippen LogP contribution in [-0.2, 0) is 11.0 Å². The first kappa shape index (κ1) is 18.9. The van der Waals surface area contributed by atoms with Crippen LogP contribution in [0.25, 0.3) is 0 Å². The highest BCUT2D eigenvalue weighted by Crippen LogP contribution is 2.28. The van der Waals surface area contributed by atoms with Crippen LogP contribution in [0.4, 0.5) is 24.9 Å². The fourth-order valence-corrected chi connectivity index (χ4v) is 2.73. The van der Waals surface area contributed by atoms with Gasteiger partial charge in [-0.05, 0) is 18.2 Å². The minimum absolute atomic E-state index is 0.0111. The zero-order valence-corrected chi connectivity index (χ0v) is 14.5. The highest BCUT2D eigenvalue weighted by molar-refractivity contribution is 5.77. The third-order valence-electron chi connectivity index (χ3n) is 4.20. The number of anilines is 2. The summed E-state index contributed by atoms with van der Waals surface area (Å²) in [6, 6.07) is 3.97. The fourth-order valence-electron chi connectivity index (χ4n) is 2.73. The number of nitrogens with zero attached hydrogens (tertiary/aromatic N) is 5. The highest BCUT2D eigenvalue weighted by atomic mass is 19.4. The van der Waals surface area contributed by atoms with E-state index in [-0.39, 0.29) is 12.3 Å². The molecule has 0 saturated carbocycles. The molecule has 0 radical (unpaired) electrons. The lowest BCUT2D eigenvalue weighted by atomic mass is 10.2. The minimum Gasteiger partial charge on any atom is -0.370 e. The predicted octanol–water partition coefficient (Wildman–Crippen LogP) is 2.04. The number of nitrogens with one attached hydrogen (secondary N) is 1. The molecule has 0 bridgehead atoms. The van der Waals surface area contributed by atoms with Crippen LogP contribution in [0.2, 0.25) is 0 Å². The first-order valence-electron chi connectivity index (χ1n) is 8.50. The summed E-state index contributed by atoms with van der Waals surface area (Å²) in [5.74, 6) is 0.949. The first-order chi connectivity index (χ1) is 12.9. The van der Waals surface area contributed by atoms with Gasteiger partial charge in [0, 0.05) is 57.7 Å². The fraction of sp³-hybridized carbons (Fsp3) is 0.412. The number of carbonyl (C=O) groups excluding carboxylic acids is 1. The molecule has 0 unspecified atom stereocenters. The largest absolute Gasteiger partial charge is 0.417 e. The Labute approximate surface area is 154 Å². The number of halogens is 3. The zero-order chi connectivity index (χ0) is 19.3. The van der Waals surface area contributed by atoms with Crippen LogP contribution in [0, 0.1) is 0 Å². The normalized spacial score (nSPS) is 14.9. The van der Waals surface area contributed by atoms with Gasteiger partial charge in [-0.25, -0.2) is 15.0 Å². The van der Waals surface area contributed by atoms with Crippen molar-refractivity contribution in [3.8, 4) is 0 Å². The van der Waals surface area contributed by atoms with Crippen LogP contribution in [-0.4, -0.2) is 58.5 Å². The Hall–Kier alpha value is -2.91. The summed E-state index contributed by atoms with van der Waals surface area (Å²) in [4.78, 5) is 28.2. The molecule has 27 heavy (non-hydrogen) atoms. The molecule has 1 aliphatic rings. The van der Waals surface area contributed by atoms with Gasteiger partial charge in [0.1, 0.15) is 5.82 Å². The lowest BCUT2D eigenvalue weighted by Gasteiger charge is -2.34. The third-order valence-corrected chi connectivity index (χ3v) is 4.20. The van der Waals surface area contributed by atoms with Crippen LogP contribution in [0.1, 0.15) is 12.0 Å². The molecule has 2 aromatic rings. The van der Waals surface area contributed by atoms with E-state index in [1.165, 1.54) is 6.07 Å². The van der Waals surface area contributed by atoms with E-state index < -0.39 is 11.7 Å². The molecule has 144 valence electrons. The highest BCUT2D eigenvalue weighted by Gasteiger charge is 2.30. The number of carbonyl (C=O) groups is 1. The average Bonchev–Trinajstić information content (AvgIpc) is 2.68. The standard InChI is InChI=1S/C17H19F3N6O/c18-17(19,20)13-2-3-14(24-12-13)21-7-4-15(27)25-8-10-26(11-9-25)16-22-5-1-6-23-16/h1-3,5-6,12H,4,7-11H2,(H,21,24). The van der Waals surface area contributed by atoms with E-state index >= 15 is 0 Å². The minimum atomic E-state index is -4.41. The molecule has 0 aromatic carbocycles. The third kappa shape index (κ3) is 5.05. The van der Waals surface area contributed by atoms with E-state index in [0.29, 0.717) is 44.5 Å². The average molecular weight is 380 g/mol. The number of amides is 1. The van der Waals surface area contributed by atoms with Gasteiger partial charge in [-0.1, -0.05) is 0 Å². The Bertz CT molecular complexity index is 746. The SMILES string of the molecule is O=C(CCNc1ccc(C(F)(F)F)cn1)N1CCN(c2ncccn2)CC1. The van der Waals surface area contributed by atoms with E-state index in [1.54, 1.807) is 23.4 Å². The van der Waals surface area contributed by atoms with Crippen LogP contribution >= 0.6 is 0 Å². The quantitative estimate of drug-likeness (QED) is 0.856. The molecule has 1 aliphatic heterocycles. The molecule has 0 atom stereocenters. The van der Waals surface area contributed by atoms with Gasteiger partial charge in [0.25, 0.3) is 0 Å². The Morgan fingerprint density at radius 2 is 1.78 bits per heavy atom. The molecule has 1 fully saturated rings. The second-order valence-corrected chi connectivity index (χ2v) is 6.02. The van der Waals surface area contributed by atoms with Gasteiger partial charge in [0.2, 0.25) is 11.9 Å². The van der Waals surface area contributed by atoms with E-state index in [1.807, 2.05) is 4.90 Å². The van der Waals surface area contributed by atoms with Crippen LogP contribution < -0.4 is 10.2 Å². The van der Waals surface area contributed by atoms with Crippen LogP contribution in [0.3, 0.4) is 0 Å². The Kier molecular flexibility index (Phi) is 5.72. The number of rotatable bonds is 5. The van der Waals surface area contributed by atoms with Crippen molar-refractivity contribution in [2.24, 2.45) is 0 Å². The van der Waals surface area contributed by atoms with Crippen molar-refractivity contribution in [1.82, 2.24) is 19.9 Å². The van der Waals surface area contributed by atoms with Gasteiger partial charge >= 0.3 is 6.18 Å². The molecule has 1 amide bonds. The van der Waals surface area contributed by atoms with Crippen molar-refractivity contribution in [2.75, 3.05) is 42.9 Å². The lowest BCUT2D eigenvalue weighted by molar-refractivity contribution is -0.137. The number of piperazine rings is 1. The predicted molar refractivity (Wildman–Crippen MR) is 93.2 cm³/mol. The van der Waals surface area contributed by atoms with Crippen molar-refractivity contribution in [3.63, 3.8) is 0 Å². The molecule has 3 heterocycles. The summed E-state index contributed by atoms with van der Waals surface area (Å²) in [6.07, 6.45) is -0.0321. The molecule has 10 heteroatoms. The Morgan fingerprint density at radius 1 is 1.07 bits per heavy atom. The summed E-state index contributed by atoms with van der Waals surface area (Å²) in [6.45, 7) is 2.78. The van der Waals surface area contributed by atoms with E-state index in [4.69, 9.17) is 0 Å². The van der Waals surface area contributed by atoms with Crippen LogP contribution in [0.5, 0.6) is 0 Å². The lowest BCUT2D eigenvalue weighted by Crippen LogP contribution is -2.49. The molecule has 0 aliphatic carbocycles. The summed E-state index contributed by atoms with van der Waals surface area (Å²) < 4.78 is 37.5. The van der Waals surface area contributed by atoms with Crippen LogP contribution in [0.15, 0.2) is 36.8 Å². The number of hydrogen-bond donors (Lipinski definition) is 1. The summed E-state index contributed by atoms with van der Waals surface area (Å²) in [5.41, 5.74) is -0.801. The number of aromatic nitrogens is 3. The van der Waals surface area contributed by atoms with E-state index in [2.05, 4.69) is 20.3 Å². The number of hydrogen-bond acceptors (Lipinski definition) is 6. The summed E-state index contributed by atoms with van der Waals surface area (Å²) >= 11 is 0. The molecule has 7 nitrogen and oxygen atoms in total. The molecular formula is C17H19F3N6O. The maximum atomic E-state index is 12.5. The topological polar surface area (TPSA) is 74.2 Å². The van der Waals surface area contributed by atoms with Crippen molar-refractivity contribution in [3.05, 3.63) is 42.4 Å². The Morgan fingerprint density at radius 3 is 2.37 bits per heavy atom. The van der Waals surface area contributed by atoms with Gasteiger partial charge in [-0.3, -0.25) is 4.79 Å². The maximum Gasteiger partial charge on any atom is 0.417 e. The molecule has 3 rings (SSSR count). The Balaban J connectivity index is 1.41. The molecular weight excluding hydrogens is 361 g/mol. The van der Waals surface area contributed by atoms with Crippen molar-refractivity contribution in [1.29, 1.82) is 0 Å². The first-order valence-corrected chi connectivity index (χ1v) is 8.50. The number of alkyl halides is 3. The van der Waals surface area contributed by atoms with Crippen molar-refractivity contribution < 1.29 is 18.0 Å². The van der Waals surface area contributed by atoms with Crippen molar-refractivity contribution >= 4 is 17.7 Å². The van der Waals surface area contributed by atoms with E-state index in [9.17, 15) is 18.0 Å². The zero-order valence-electron chi connectivity index (χ0n) is 14.5. The van der Waals surface area contributed by atoms with Gasteiger partial charge in [0.05, 0.1) is 5.56 Å². The van der Waals surface area contributed by atoms with Gasteiger partial charge < -0.3 is 15.1 Å². The maximum absolute atomic E-state index is 12.5. The van der Waals surface area contributed by atoms with Gasteiger partial charge in [-0.2, -0.15) is 13.2 Å². The van der Waals surface area contributed by atoms with Gasteiger partial charge in [-0.15, -0.1) is 0 Å². The smallest absolute Gasteiger partial charge is 0.370 e. The monoisotopic (exact) mass is 380 g/mol. The molecule has 1 N–H and O–H groups in total. The summed E-state index contributed by atoms with van der Waals surface area (Å²) in [5, 5.41) is 2.87. The summed E-state index contributed by atoms with van der Waals surface area (Å²) in [7, 11) is 0. The van der Waals surface area contributed by atoms with Crippen molar-refractivity contribution in [2.45, 2.75) is 12.6 Å². The molecule has 1 saturated heterocycles. The second kappa shape index (κ2) is 8.19. The molecule has 0 spiro atoms. The number of pyridine rings is 1. The van der Waals surface area contributed by atoms with E-state index in [0.717, 1.165) is 12.3 Å². The second-order valence-electron chi connectivity index (χ2n) is 6.02. The molecule has 2 aromatic heterocycles. The van der Waals surface area contributed by atoms with Gasteiger partial charge in [0.15, 0.2) is 0 Å².